The lowest BCUT2D eigenvalue weighted by atomic mass is 9.81. The normalized spacial score (nSPS) is 21.9. The van der Waals surface area contributed by atoms with E-state index < -0.39 is 0 Å². The molecule has 70 valence electrons. The number of fused-ring (bicyclic) bond motifs is 1. The molecule has 2 unspecified atom stereocenters. The minimum Gasteiger partial charge on any atom is -0.324 e. The van der Waals surface area contributed by atoms with Gasteiger partial charge in [-0.15, -0.1) is 0 Å². The Kier molecular flexibility index (Phi) is 2.12. The predicted octanol–water partition coefficient (Wildman–Crippen LogP) is 2.76. The second-order valence-electron chi connectivity index (χ2n) is 4.08. The summed E-state index contributed by atoms with van der Waals surface area (Å²) in [7, 11) is 0. The maximum absolute atomic E-state index is 5.90. The van der Waals surface area contributed by atoms with Crippen molar-refractivity contribution < 1.29 is 0 Å². The van der Waals surface area contributed by atoms with Crippen molar-refractivity contribution in [1.82, 2.24) is 0 Å². The molecule has 2 atom stereocenters. The first-order chi connectivity index (χ1) is 6.22. The van der Waals surface area contributed by atoms with Gasteiger partial charge < -0.3 is 5.73 Å². The summed E-state index contributed by atoms with van der Waals surface area (Å²) < 4.78 is 0. The van der Waals surface area contributed by atoms with Crippen LogP contribution in [0.4, 0.5) is 0 Å². The Hall–Kier alpha value is -0.820. The molecule has 1 aliphatic rings. The van der Waals surface area contributed by atoms with Crippen LogP contribution in [0, 0.1) is 0 Å². The molecule has 2 rings (SSSR count). The lowest BCUT2D eigenvalue weighted by Gasteiger charge is -2.28. The Morgan fingerprint density at radius 1 is 1.54 bits per heavy atom. The molecule has 2 N–H and O–H groups in total. The second kappa shape index (κ2) is 3.15. The van der Waals surface area contributed by atoms with E-state index in [4.69, 9.17) is 5.73 Å². The quantitative estimate of drug-likeness (QED) is 0.735. The Bertz CT molecular complexity index is 317. The van der Waals surface area contributed by atoms with E-state index in [1.165, 1.54) is 23.1 Å². The maximum Gasteiger partial charge on any atom is 0.0338 e. The van der Waals surface area contributed by atoms with E-state index in [-0.39, 0.29) is 0 Å². The standard InChI is InChI=1S/C12H17N/c1-3-8(2)9-4-5-10-7-12(13)11(10)6-9/h4-6,8,12H,3,7,13H2,1-2H3. The summed E-state index contributed by atoms with van der Waals surface area (Å²) >= 11 is 0. The molecule has 1 heteroatoms. The number of hydrogen-bond donors (Lipinski definition) is 1. The molecule has 13 heavy (non-hydrogen) atoms. The first-order valence-electron chi connectivity index (χ1n) is 5.10. The summed E-state index contributed by atoms with van der Waals surface area (Å²) in [4.78, 5) is 0. The van der Waals surface area contributed by atoms with Crippen molar-refractivity contribution in [2.45, 2.75) is 38.6 Å². The van der Waals surface area contributed by atoms with Crippen LogP contribution in [0.25, 0.3) is 0 Å². The number of hydrogen-bond acceptors (Lipinski definition) is 1. The zero-order valence-corrected chi connectivity index (χ0v) is 8.38. The minimum atomic E-state index is 0.305. The molecule has 0 fully saturated rings. The topological polar surface area (TPSA) is 26.0 Å². The van der Waals surface area contributed by atoms with E-state index in [1.54, 1.807) is 0 Å². The van der Waals surface area contributed by atoms with E-state index in [0.29, 0.717) is 12.0 Å². The lowest BCUT2D eigenvalue weighted by Crippen LogP contribution is -2.24. The lowest BCUT2D eigenvalue weighted by molar-refractivity contribution is 0.629. The van der Waals surface area contributed by atoms with Gasteiger partial charge in [0.1, 0.15) is 0 Å². The van der Waals surface area contributed by atoms with Crippen molar-refractivity contribution in [3.8, 4) is 0 Å². The van der Waals surface area contributed by atoms with Crippen LogP contribution >= 0.6 is 0 Å². The van der Waals surface area contributed by atoms with Gasteiger partial charge in [-0.25, -0.2) is 0 Å². The van der Waals surface area contributed by atoms with E-state index in [1.807, 2.05) is 0 Å². The highest BCUT2D eigenvalue weighted by Gasteiger charge is 2.22. The molecule has 0 radical (unpaired) electrons. The van der Waals surface area contributed by atoms with Gasteiger partial charge in [0, 0.05) is 6.04 Å². The largest absolute Gasteiger partial charge is 0.324 e. The Morgan fingerprint density at radius 2 is 2.31 bits per heavy atom. The van der Waals surface area contributed by atoms with Crippen LogP contribution in [0.1, 0.15) is 48.9 Å². The fourth-order valence-corrected chi connectivity index (χ4v) is 1.90. The summed E-state index contributed by atoms with van der Waals surface area (Å²) in [6.45, 7) is 4.50. The average molecular weight is 175 g/mol. The monoisotopic (exact) mass is 175 g/mol. The van der Waals surface area contributed by atoms with Crippen LogP contribution in [0.5, 0.6) is 0 Å². The van der Waals surface area contributed by atoms with Crippen molar-refractivity contribution in [1.29, 1.82) is 0 Å². The van der Waals surface area contributed by atoms with Gasteiger partial charge >= 0.3 is 0 Å². The van der Waals surface area contributed by atoms with E-state index in [0.717, 1.165) is 6.42 Å². The van der Waals surface area contributed by atoms with Gasteiger partial charge in [-0.3, -0.25) is 0 Å². The summed E-state index contributed by atoms with van der Waals surface area (Å²) in [5.41, 5.74) is 10.2. The molecule has 0 bridgehead atoms. The number of nitrogens with two attached hydrogens (primary N) is 1. The molecule has 0 amide bonds. The molecule has 1 aromatic rings. The first kappa shape index (κ1) is 8.76. The third kappa shape index (κ3) is 1.37. The summed E-state index contributed by atoms with van der Waals surface area (Å²) in [6, 6.07) is 7.08. The van der Waals surface area contributed by atoms with Crippen molar-refractivity contribution in [3.05, 3.63) is 34.9 Å². The summed E-state index contributed by atoms with van der Waals surface area (Å²) in [5.74, 6) is 0.665. The zero-order valence-electron chi connectivity index (χ0n) is 8.38. The van der Waals surface area contributed by atoms with Crippen LogP contribution in [-0.4, -0.2) is 0 Å². The minimum absolute atomic E-state index is 0.305. The molecule has 0 spiro atoms. The van der Waals surface area contributed by atoms with E-state index >= 15 is 0 Å². The van der Waals surface area contributed by atoms with Gasteiger partial charge in [0.25, 0.3) is 0 Å². The number of rotatable bonds is 2. The van der Waals surface area contributed by atoms with Crippen LogP contribution in [0.2, 0.25) is 0 Å². The van der Waals surface area contributed by atoms with Crippen LogP contribution in [0.3, 0.4) is 0 Å². The predicted molar refractivity (Wildman–Crippen MR) is 55.8 cm³/mol. The first-order valence-corrected chi connectivity index (χ1v) is 5.10. The zero-order chi connectivity index (χ0) is 9.42. The van der Waals surface area contributed by atoms with Crippen molar-refractivity contribution >= 4 is 0 Å². The molecule has 0 saturated heterocycles. The molecule has 0 heterocycles. The smallest absolute Gasteiger partial charge is 0.0338 e. The van der Waals surface area contributed by atoms with Crippen LogP contribution in [0.15, 0.2) is 18.2 Å². The summed E-state index contributed by atoms with van der Waals surface area (Å²) in [6.07, 6.45) is 2.27. The van der Waals surface area contributed by atoms with Gasteiger partial charge in [0.2, 0.25) is 0 Å². The molecule has 0 aliphatic heterocycles. The van der Waals surface area contributed by atoms with Gasteiger partial charge in [0.05, 0.1) is 0 Å². The molecule has 1 aliphatic carbocycles. The third-order valence-electron chi connectivity index (χ3n) is 3.19. The fraction of sp³-hybridized carbons (Fsp3) is 0.500. The Balaban J connectivity index is 2.30. The van der Waals surface area contributed by atoms with Gasteiger partial charge in [-0.1, -0.05) is 32.0 Å². The van der Waals surface area contributed by atoms with Gasteiger partial charge in [0.15, 0.2) is 0 Å². The van der Waals surface area contributed by atoms with Crippen LogP contribution in [-0.2, 0) is 6.42 Å². The third-order valence-corrected chi connectivity index (χ3v) is 3.19. The SMILES string of the molecule is CCC(C)c1ccc2c(c1)C(N)C2. The van der Waals surface area contributed by atoms with E-state index in [9.17, 15) is 0 Å². The van der Waals surface area contributed by atoms with Crippen molar-refractivity contribution in [3.63, 3.8) is 0 Å². The highest BCUT2D eigenvalue weighted by atomic mass is 14.7. The highest BCUT2D eigenvalue weighted by Crippen LogP contribution is 2.33. The molecular weight excluding hydrogens is 158 g/mol. The molecular formula is C12H17N. The molecule has 1 nitrogen and oxygen atoms in total. The molecule has 0 saturated carbocycles. The maximum atomic E-state index is 5.90. The second-order valence-corrected chi connectivity index (χ2v) is 4.08. The van der Waals surface area contributed by atoms with Crippen molar-refractivity contribution in [2.75, 3.05) is 0 Å². The average Bonchev–Trinajstić information content (AvgIpc) is 2.15. The Labute approximate surface area is 80.0 Å². The molecule has 0 aromatic heterocycles. The summed E-state index contributed by atoms with van der Waals surface area (Å²) in [5, 5.41) is 0. The molecule has 1 aromatic carbocycles. The van der Waals surface area contributed by atoms with Gasteiger partial charge in [-0.2, -0.15) is 0 Å². The van der Waals surface area contributed by atoms with Crippen LogP contribution < -0.4 is 5.73 Å². The highest BCUT2D eigenvalue weighted by molar-refractivity contribution is 5.42. The van der Waals surface area contributed by atoms with E-state index in [2.05, 4.69) is 32.0 Å². The Morgan fingerprint density at radius 3 is 2.92 bits per heavy atom. The number of benzene rings is 1. The fourth-order valence-electron chi connectivity index (χ4n) is 1.90. The van der Waals surface area contributed by atoms with Crippen molar-refractivity contribution in [2.24, 2.45) is 5.73 Å². The van der Waals surface area contributed by atoms with Gasteiger partial charge in [-0.05, 0) is 35.4 Å².